The summed E-state index contributed by atoms with van der Waals surface area (Å²) in [4.78, 5) is 10.9. The van der Waals surface area contributed by atoms with Crippen LogP contribution in [0.5, 0.6) is 5.75 Å². The number of hydrogen-bond donors (Lipinski definition) is 2. The number of aryl methyl sites for hydroxylation is 1. The highest BCUT2D eigenvalue weighted by Crippen LogP contribution is 2.29. The summed E-state index contributed by atoms with van der Waals surface area (Å²) in [6.45, 7) is 0. The molecule has 3 rings (SSSR count). The molecule has 0 unspecified atom stereocenters. The Kier molecular flexibility index (Phi) is 5.69. The summed E-state index contributed by atoms with van der Waals surface area (Å²) in [6, 6.07) is 23.8. The van der Waals surface area contributed by atoms with Gasteiger partial charge in [0.05, 0.1) is 0 Å². The van der Waals surface area contributed by atoms with Crippen molar-refractivity contribution in [2.24, 2.45) is 0 Å². The standard InChI is InChI=1S/C23H22O3/c24-22(25)12-11-19-15-20(13-17-7-3-1-4-8-17)23(26)21(16-19)14-18-9-5-2-6-10-18/h1-10,15-16,26H,11-14H2,(H,24,25). The van der Waals surface area contributed by atoms with Crippen LogP contribution in [0.1, 0.15) is 34.2 Å². The minimum atomic E-state index is -0.813. The lowest BCUT2D eigenvalue weighted by molar-refractivity contribution is -0.136. The van der Waals surface area contributed by atoms with E-state index >= 15 is 0 Å². The van der Waals surface area contributed by atoms with Gasteiger partial charge in [0, 0.05) is 19.3 Å². The molecule has 0 bridgehead atoms. The second-order valence-corrected chi connectivity index (χ2v) is 6.48. The molecule has 0 radical (unpaired) electrons. The Morgan fingerprint density at radius 2 is 1.19 bits per heavy atom. The quantitative estimate of drug-likeness (QED) is 0.658. The second kappa shape index (κ2) is 8.34. The molecule has 0 saturated carbocycles. The number of hydrogen-bond acceptors (Lipinski definition) is 2. The molecular weight excluding hydrogens is 324 g/mol. The number of carbonyl (C=O) groups is 1. The Bertz CT molecular complexity index is 808. The predicted octanol–water partition coefficient (Wildman–Crippen LogP) is 4.59. The monoisotopic (exact) mass is 346 g/mol. The summed E-state index contributed by atoms with van der Waals surface area (Å²) in [7, 11) is 0. The van der Waals surface area contributed by atoms with Crippen molar-refractivity contribution in [2.45, 2.75) is 25.7 Å². The molecule has 3 nitrogen and oxygen atoms in total. The Morgan fingerprint density at radius 1 is 0.731 bits per heavy atom. The molecule has 0 spiro atoms. The third kappa shape index (κ3) is 4.73. The predicted molar refractivity (Wildman–Crippen MR) is 103 cm³/mol. The van der Waals surface area contributed by atoms with Gasteiger partial charge in [-0.25, -0.2) is 0 Å². The minimum Gasteiger partial charge on any atom is -0.507 e. The molecular formula is C23H22O3. The maximum atomic E-state index is 10.9. The lowest BCUT2D eigenvalue weighted by Gasteiger charge is -2.14. The zero-order valence-corrected chi connectivity index (χ0v) is 14.6. The average molecular weight is 346 g/mol. The van der Waals surface area contributed by atoms with Gasteiger partial charge in [-0.15, -0.1) is 0 Å². The van der Waals surface area contributed by atoms with E-state index in [4.69, 9.17) is 5.11 Å². The van der Waals surface area contributed by atoms with E-state index in [9.17, 15) is 9.90 Å². The number of benzene rings is 3. The van der Waals surface area contributed by atoms with Gasteiger partial charge in [-0.05, 0) is 34.2 Å². The van der Waals surface area contributed by atoms with Crippen molar-refractivity contribution in [3.8, 4) is 5.75 Å². The van der Waals surface area contributed by atoms with Crippen LogP contribution in [-0.4, -0.2) is 16.2 Å². The van der Waals surface area contributed by atoms with Crippen LogP contribution in [0.15, 0.2) is 72.8 Å². The van der Waals surface area contributed by atoms with Crippen molar-refractivity contribution in [3.05, 3.63) is 101 Å². The van der Waals surface area contributed by atoms with Crippen molar-refractivity contribution in [1.82, 2.24) is 0 Å². The van der Waals surface area contributed by atoms with Gasteiger partial charge < -0.3 is 10.2 Å². The normalized spacial score (nSPS) is 10.6. The van der Waals surface area contributed by atoms with Crippen LogP contribution in [0.2, 0.25) is 0 Å². The molecule has 3 aromatic rings. The topological polar surface area (TPSA) is 57.5 Å². The fourth-order valence-corrected chi connectivity index (χ4v) is 3.13. The first kappa shape index (κ1) is 17.7. The highest BCUT2D eigenvalue weighted by molar-refractivity contribution is 5.67. The molecule has 0 aliphatic heterocycles. The molecule has 132 valence electrons. The van der Waals surface area contributed by atoms with Gasteiger partial charge in [-0.2, -0.15) is 0 Å². The van der Waals surface area contributed by atoms with Crippen LogP contribution in [-0.2, 0) is 24.1 Å². The molecule has 0 saturated heterocycles. The van der Waals surface area contributed by atoms with E-state index in [-0.39, 0.29) is 6.42 Å². The van der Waals surface area contributed by atoms with Crippen molar-refractivity contribution in [3.63, 3.8) is 0 Å². The Labute approximate surface area is 153 Å². The van der Waals surface area contributed by atoms with Crippen LogP contribution in [0.25, 0.3) is 0 Å². The molecule has 26 heavy (non-hydrogen) atoms. The number of aromatic hydroxyl groups is 1. The van der Waals surface area contributed by atoms with Gasteiger partial charge >= 0.3 is 5.97 Å². The van der Waals surface area contributed by atoms with E-state index in [2.05, 4.69) is 0 Å². The number of phenolic OH excluding ortho intramolecular Hbond substituents is 1. The van der Waals surface area contributed by atoms with Crippen molar-refractivity contribution in [2.75, 3.05) is 0 Å². The van der Waals surface area contributed by atoms with Crippen LogP contribution < -0.4 is 0 Å². The maximum Gasteiger partial charge on any atom is 0.303 e. The van der Waals surface area contributed by atoms with Gasteiger partial charge in [0.25, 0.3) is 0 Å². The van der Waals surface area contributed by atoms with Crippen LogP contribution >= 0.6 is 0 Å². The van der Waals surface area contributed by atoms with E-state index in [0.29, 0.717) is 25.0 Å². The van der Waals surface area contributed by atoms with Gasteiger partial charge in [0.1, 0.15) is 5.75 Å². The molecule has 3 heteroatoms. The molecule has 0 fully saturated rings. The van der Waals surface area contributed by atoms with E-state index < -0.39 is 5.97 Å². The Hall–Kier alpha value is -3.07. The van der Waals surface area contributed by atoms with Crippen molar-refractivity contribution < 1.29 is 15.0 Å². The smallest absolute Gasteiger partial charge is 0.303 e. The van der Waals surface area contributed by atoms with E-state index in [1.807, 2.05) is 72.8 Å². The van der Waals surface area contributed by atoms with E-state index in [0.717, 1.165) is 27.8 Å². The number of rotatable bonds is 7. The van der Waals surface area contributed by atoms with Crippen LogP contribution in [0, 0.1) is 0 Å². The summed E-state index contributed by atoms with van der Waals surface area (Å²) in [5.74, 6) is -0.510. The maximum absolute atomic E-state index is 10.9. The zero-order valence-electron chi connectivity index (χ0n) is 14.6. The van der Waals surface area contributed by atoms with Crippen molar-refractivity contribution in [1.29, 1.82) is 0 Å². The third-order valence-electron chi connectivity index (χ3n) is 4.43. The van der Waals surface area contributed by atoms with Crippen LogP contribution in [0.4, 0.5) is 0 Å². The number of phenols is 1. The number of carboxylic acid groups (broad SMARTS) is 1. The fraction of sp³-hybridized carbons (Fsp3) is 0.174. The summed E-state index contributed by atoms with van der Waals surface area (Å²) < 4.78 is 0. The molecule has 2 N–H and O–H groups in total. The number of carboxylic acids is 1. The summed E-state index contributed by atoms with van der Waals surface area (Å²) in [5, 5.41) is 19.8. The third-order valence-corrected chi connectivity index (χ3v) is 4.43. The minimum absolute atomic E-state index is 0.0837. The molecule has 0 aliphatic carbocycles. The molecule has 3 aromatic carbocycles. The highest BCUT2D eigenvalue weighted by Gasteiger charge is 2.12. The van der Waals surface area contributed by atoms with Gasteiger partial charge in [-0.3, -0.25) is 4.79 Å². The SMILES string of the molecule is O=C(O)CCc1cc(Cc2ccccc2)c(O)c(Cc2ccccc2)c1. The first-order chi connectivity index (χ1) is 12.6. The molecule has 0 aromatic heterocycles. The second-order valence-electron chi connectivity index (χ2n) is 6.48. The summed E-state index contributed by atoms with van der Waals surface area (Å²) in [5.41, 5.74) is 4.85. The van der Waals surface area contributed by atoms with Gasteiger partial charge in [0.15, 0.2) is 0 Å². The van der Waals surface area contributed by atoms with Gasteiger partial charge in [0.2, 0.25) is 0 Å². The summed E-state index contributed by atoms with van der Waals surface area (Å²) in [6.07, 6.45) is 1.78. The lowest BCUT2D eigenvalue weighted by atomic mass is 9.93. The van der Waals surface area contributed by atoms with Crippen LogP contribution in [0.3, 0.4) is 0 Å². The highest BCUT2D eigenvalue weighted by atomic mass is 16.4. The average Bonchev–Trinajstić information content (AvgIpc) is 2.65. The molecule has 0 atom stereocenters. The zero-order chi connectivity index (χ0) is 18.4. The molecule has 0 amide bonds. The lowest BCUT2D eigenvalue weighted by Crippen LogP contribution is -2.01. The first-order valence-corrected chi connectivity index (χ1v) is 8.75. The Morgan fingerprint density at radius 3 is 1.62 bits per heavy atom. The number of aliphatic carboxylic acids is 1. The van der Waals surface area contributed by atoms with Crippen molar-refractivity contribution >= 4 is 5.97 Å². The molecule has 0 heterocycles. The summed E-state index contributed by atoms with van der Waals surface area (Å²) >= 11 is 0. The van der Waals surface area contributed by atoms with E-state index in [1.165, 1.54) is 0 Å². The Balaban J connectivity index is 1.94. The first-order valence-electron chi connectivity index (χ1n) is 8.75. The fourth-order valence-electron chi connectivity index (χ4n) is 3.13. The van der Waals surface area contributed by atoms with Gasteiger partial charge in [-0.1, -0.05) is 72.8 Å². The largest absolute Gasteiger partial charge is 0.507 e. The molecule has 0 aliphatic rings. The van der Waals surface area contributed by atoms with E-state index in [1.54, 1.807) is 0 Å².